The quantitative estimate of drug-likeness (QED) is 0.649. The van der Waals surface area contributed by atoms with E-state index in [9.17, 15) is 0 Å². The molecule has 0 aliphatic rings. The maximum Gasteiger partial charge on any atom is 0.170 e. The van der Waals surface area contributed by atoms with Crippen LogP contribution in [0, 0.1) is 11.3 Å². The van der Waals surface area contributed by atoms with Crippen LogP contribution >= 0.6 is 23.8 Å². The first-order valence-electron chi connectivity index (χ1n) is 5.42. The molecule has 0 aliphatic carbocycles. The van der Waals surface area contributed by atoms with Gasteiger partial charge in [0.25, 0.3) is 0 Å². The molecule has 0 atom stereocenters. The summed E-state index contributed by atoms with van der Waals surface area (Å²) in [6, 6.07) is 7.08. The summed E-state index contributed by atoms with van der Waals surface area (Å²) in [6.45, 7) is 2.96. The molecule has 90 valence electrons. The first kappa shape index (κ1) is 13.8. The summed E-state index contributed by atoms with van der Waals surface area (Å²) >= 11 is 11.1. The average molecular weight is 268 g/mol. The molecule has 0 radical (unpaired) electrons. The molecular formula is C12H14ClN3S. The lowest BCUT2D eigenvalue weighted by molar-refractivity contribution is 0.758. The van der Waals surface area contributed by atoms with E-state index < -0.39 is 0 Å². The van der Waals surface area contributed by atoms with Crippen LogP contribution in [0.3, 0.4) is 0 Å². The van der Waals surface area contributed by atoms with Gasteiger partial charge in [-0.1, -0.05) is 24.9 Å². The lowest BCUT2D eigenvalue weighted by Gasteiger charge is -2.11. The van der Waals surface area contributed by atoms with Crippen LogP contribution in [0.15, 0.2) is 18.2 Å². The maximum absolute atomic E-state index is 8.71. The Morgan fingerprint density at radius 1 is 1.53 bits per heavy atom. The van der Waals surface area contributed by atoms with E-state index >= 15 is 0 Å². The summed E-state index contributed by atoms with van der Waals surface area (Å²) in [5.41, 5.74) is 1.24. The molecule has 0 fully saturated rings. The third-order valence-corrected chi connectivity index (χ3v) is 2.72. The largest absolute Gasteiger partial charge is 0.362 e. The van der Waals surface area contributed by atoms with Crippen LogP contribution in [0.5, 0.6) is 0 Å². The fraction of sp³-hybridized carbons (Fsp3) is 0.333. The van der Waals surface area contributed by atoms with E-state index in [1.807, 2.05) is 6.07 Å². The van der Waals surface area contributed by atoms with Gasteiger partial charge >= 0.3 is 0 Å². The Morgan fingerprint density at radius 3 is 2.88 bits per heavy atom. The Kier molecular flexibility index (Phi) is 5.75. The molecule has 0 heterocycles. The van der Waals surface area contributed by atoms with E-state index in [0.29, 0.717) is 21.4 Å². The molecule has 0 bridgehead atoms. The number of hydrogen-bond donors (Lipinski definition) is 2. The topological polar surface area (TPSA) is 47.8 Å². The molecular weight excluding hydrogens is 254 g/mol. The van der Waals surface area contributed by atoms with Gasteiger partial charge in [-0.2, -0.15) is 5.26 Å². The van der Waals surface area contributed by atoms with Gasteiger partial charge in [0.2, 0.25) is 0 Å². The molecule has 0 saturated heterocycles. The molecule has 0 amide bonds. The smallest absolute Gasteiger partial charge is 0.170 e. The number of nitrogens with zero attached hydrogens (tertiary/aromatic N) is 1. The molecule has 0 aliphatic heterocycles. The summed E-state index contributed by atoms with van der Waals surface area (Å²) < 4.78 is 0. The zero-order valence-corrected chi connectivity index (χ0v) is 11.2. The molecule has 5 heteroatoms. The second-order valence-corrected chi connectivity index (χ2v) is 4.36. The number of thiocarbonyl (C=S) groups is 1. The summed E-state index contributed by atoms with van der Waals surface area (Å²) in [5.74, 6) is 0. The van der Waals surface area contributed by atoms with Gasteiger partial charge in [0.05, 0.1) is 22.3 Å². The summed E-state index contributed by atoms with van der Waals surface area (Å²) in [4.78, 5) is 0. The minimum absolute atomic E-state index is 0.490. The number of halogens is 1. The van der Waals surface area contributed by atoms with Crippen molar-refractivity contribution >= 4 is 34.6 Å². The van der Waals surface area contributed by atoms with Crippen molar-refractivity contribution in [3.63, 3.8) is 0 Å². The number of nitriles is 1. The normalized spacial score (nSPS) is 9.47. The first-order chi connectivity index (χ1) is 8.17. The fourth-order valence-corrected chi connectivity index (χ4v) is 1.67. The number of hydrogen-bond acceptors (Lipinski definition) is 2. The van der Waals surface area contributed by atoms with Gasteiger partial charge in [-0.25, -0.2) is 0 Å². The SMILES string of the molecule is CCCCNC(=S)Nc1ccc(C#N)cc1Cl. The highest BCUT2D eigenvalue weighted by Crippen LogP contribution is 2.22. The molecule has 1 aromatic carbocycles. The lowest BCUT2D eigenvalue weighted by Crippen LogP contribution is -2.29. The van der Waals surface area contributed by atoms with Gasteiger partial charge in [-0.15, -0.1) is 0 Å². The van der Waals surface area contributed by atoms with Crippen LogP contribution in [0.2, 0.25) is 5.02 Å². The first-order valence-corrected chi connectivity index (χ1v) is 6.20. The Hall–Kier alpha value is -1.31. The number of nitrogens with one attached hydrogen (secondary N) is 2. The molecule has 3 nitrogen and oxygen atoms in total. The average Bonchev–Trinajstić information content (AvgIpc) is 2.32. The van der Waals surface area contributed by atoms with Crippen LogP contribution in [-0.2, 0) is 0 Å². The number of unbranched alkanes of at least 4 members (excludes halogenated alkanes) is 1. The minimum atomic E-state index is 0.490. The van der Waals surface area contributed by atoms with Crippen molar-refractivity contribution in [2.45, 2.75) is 19.8 Å². The van der Waals surface area contributed by atoms with Crippen molar-refractivity contribution in [2.24, 2.45) is 0 Å². The van der Waals surface area contributed by atoms with Crippen molar-refractivity contribution in [2.75, 3.05) is 11.9 Å². The molecule has 0 spiro atoms. The monoisotopic (exact) mass is 267 g/mol. The molecule has 2 N–H and O–H groups in total. The molecule has 17 heavy (non-hydrogen) atoms. The Bertz CT molecular complexity index is 440. The minimum Gasteiger partial charge on any atom is -0.362 e. The molecule has 0 unspecified atom stereocenters. The number of benzene rings is 1. The van der Waals surface area contributed by atoms with Crippen molar-refractivity contribution in [1.82, 2.24) is 5.32 Å². The molecule has 1 aromatic rings. The van der Waals surface area contributed by atoms with E-state index in [2.05, 4.69) is 17.6 Å². The van der Waals surface area contributed by atoms with Crippen molar-refractivity contribution < 1.29 is 0 Å². The van der Waals surface area contributed by atoms with Gasteiger partial charge in [0, 0.05) is 6.54 Å². The van der Waals surface area contributed by atoms with Crippen LogP contribution in [0.25, 0.3) is 0 Å². The van der Waals surface area contributed by atoms with Crippen molar-refractivity contribution in [3.8, 4) is 6.07 Å². The van der Waals surface area contributed by atoms with Crippen LogP contribution in [0.4, 0.5) is 5.69 Å². The lowest BCUT2D eigenvalue weighted by atomic mass is 10.2. The number of rotatable bonds is 4. The highest BCUT2D eigenvalue weighted by Gasteiger charge is 2.03. The summed E-state index contributed by atoms with van der Waals surface area (Å²) in [7, 11) is 0. The van der Waals surface area contributed by atoms with Gasteiger partial charge in [0.15, 0.2) is 5.11 Å². The summed E-state index contributed by atoms with van der Waals surface area (Å²) in [6.07, 6.45) is 2.19. The maximum atomic E-state index is 8.71. The zero-order valence-electron chi connectivity index (χ0n) is 9.59. The van der Waals surface area contributed by atoms with Crippen LogP contribution < -0.4 is 10.6 Å². The van der Waals surface area contributed by atoms with E-state index in [0.717, 1.165) is 19.4 Å². The second-order valence-electron chi connectivity index (χ2n) is 3.54. The highest BCUT2D eigenvalue weighted by atomic mass is 35.5. The van der Waals surface area contributed by atoms with Crippen LogP contribution in [0.1, 0.15) is 25.3 Å². The van der Waals surface area contributed by atoms with E-state index in [1.54, 1.807) is 18.2 Å². The number of anilines is 1. The molecule has 1 rings (SSSR count). The fourth-order valence-electron chi connectivity index (χ4n) is 1.23. The zero-order chi connectivity index (χ0) is 12.7. The molecule has 0 aromatic heterocycles. The van der Waals surface area contributed by atoms with E-state index in [1.165, 1.54) is 0 Å². The van der Waals surface area contributed by atoms with E-state index in [-0.39, 0.29) is 0 Å². The van der Waals surface area contributed by atoms with E-state index in [4.69, 9.17) is 29.1 Å². The molecule has 0 saturated carbocycles. The van der Waals surface area contributed by atoms with Crippen LogP contribution in [-0.4, -0.2) is 11.7 Å². The highest BCUT2D eigenvalue weighted by molar-refractivity contribution is 7.80. The predicted molar refractivity (Wildman–Crippen MR) is 75.3 cm³/mol. The second kappa shape index (κ2) is 7.10. The Balaban J connectivity index is 2.57. The van der Waals surface area contributed by atoms with Gasteiger partial charge in [0.1, 0.15) is 0 Å². The van der Waals surface area contributed by atoms with Crippen molar-refractivity contribution in [3.05, 3.63) is 28.8 Å². The predicted octanol–water partition coefficient (Wildman–Crippen LogP) is 3.30. The Morgan fingerprint density at radius 2 is 2.29 bits per heavy atom. The standard InChI is InChI=1S/C12H14ClN3S/c1-2-3-6-15-12(17)16-11-5-4-9(8-14)7-10(11)13/h4-5,7H,2-3,6H2,1H3,(H2,15,16,17). The van der Waals surface area contributed by atoms with Gasteiger partial charge in [-0.3, -0.25) is 0 Å². The third-order valence-electron chi connectivity index (χ3n) is 2.16. The Labute approximate surface area is 112 Å². The van der Waals surface area contributed by atoms with Crippen molar-refractivity contribution in [1.29, 1.82) is 5.26 Å². The van der Waals surface area contributed by atoms with Gasteiger partial charge in [-0.05, 0) is 36.8 Å². The van der Waals surface area contributed by atoms with Gasteiger partial charge < -0.3 is 10.6 Å². The summed E-state index contributed by atoms with van der Waals surface area (Å²) in [5, 5.41) is 15.8. The third kappa shape index (κ3) is 4.59.